The van der Waals surface area contributed by atoms with Gasteiger partial charge in [0.25, 0.3) is 0 Å². The molecule has 2 aromatic rings. The summed E-state index contributed by atoms with van der Waals surface area (Å²) >= 11 is 3.31. The Morgan fingerprint density at radius 1 is 1.44 bits per heavy atom. The zero-order valence-corrected chi connectivity index (χ0v) is 11.9. The number of hydrogen-bond donors (Lipinski definition) is 1. The Bertz CT molecular complexity index is 499. The van der Waals surface area contributed by atoms with Crippen LogP contribution in [0.2, 0.25) is 0 Å². The molecule has 0 amide bonds. The fraction of sp³-hybridized carbons (Fsp3) is 0.308. The highest BCUT2D eigenvalue weighted by Gasteiger charge is 1.99. The molecule has 0 unspecified atom stereocenters. The molecule has 0 atom stereocenters. The van der Waals surface area contributed by atoms with Gasteiger partial charge < -0.3 is 10.5 Å². The van der Waals surface area contributed by atoms with E-state index >= 15 is 0 Å². The standard InChI is InChI=1S/C13H16N2OS2/c1-10-4-2-5-11(8-10)16-6-3-7-17-12-9-15-13(14)18-12/h2,4-5,8-9H,3,6-7H2,1H3,(H2,14,15). The molecule has 0 saturated heterocycles. The van der Waals surface area contributed by atoms with Gasteiger partial charge in [-0.05, 0) is 31.0 Å². The third-order valence-corrected chi connectivity index (χ3v) is 4.40. The van der Waals surface area contributed by atoms with Crippen LogP contribution < -0.4 is 10.5 Å². The van der Waals surface area contributed by atoms with Crippen LogP contribution in [0.25, 0.3) is 0 Å². The molecule has 1 heterocycles. The first kappa shape index (κ1) is 13.2. The lowest BCUT2D eigenvalue weighted by Crippen LogP contribution is -1.98. The summed E-state index contributed by atoms with van der Waals surface area (Å²) in [7, 11) is 0. The summed E-state index contributed by atoms with van der Waals surface area (Å²) in [5, 5.41) is 0.633. The van der Waals surface area contributed by atoms with Crippen LogP contribution in [-0.2, 0) is 0 Å². The van der Waals surface area contributed by atoms with E-state index in [0.29, 0.717) is 5.13 Å². The molecule has 0 aliphatic carbocycles. The minimum atomic E-state index is 0.633. The maximum atomic E-state index is 5.68. The van der Waals surface area contributed by atoms with E-state index in [0.717, 1.165) is 24.5 Å². The predicted octanol–water partition coefficient (Wildman–Crippen LogP) is 3.59. The van der Waals surface area contributed by atoms with E-state index in [9.17, 15) is 0 Å². The van der Waals surface area contributed by atoms with Crippen molar-refractivity contribution < 1.29 is 4.74 Å². The summed E-state index contributed by atoms with van der Waals surface area (Å²) in [5.74, 6) is 1.97. The van der Waals surface area contributed by atoms with Gasteiger partial charge in [0, 0.05) is 5.75 Å². The number of aromatic nitrogens is 1. The van der Waals surface area contributed by atoms with Crippen LogP contribution in [0, 0.1) is 6.92 Å². The summed E-state index contributed by atoms with van der Waals surface area (Å²) in [6.07, 6.45) is 2.84. The molecule has 3 nitrogen and oxygen atoms in total. The van der Waals surface area contributed by atoms with Gasteiger partial charge in [-0.1, -0.05) is 23.5 Å². The van der Waals surface area contributed by atoms with E-state index in [-0.39, 0.29) is 0 Å². The Labute approximate surface area is 115 Å². The van der Waals surface area contributed by atoms with Crippen molar-refractivity contribution in [3.63, 3.8) is 0 Å². The van der Waals surface area contributed by atoms with E-state index in [4.69, 9.17) is 10.5 Å². The first-order chi connectivity index (χ1) is 8.74. The average Bonchev–Trinajstić information content (AvgIpc) is 2.75. The van der Waals surface area contributed by atoms with Gasteiger partial charge in [-0.15, -0.1) is 11.8 Å². The van der Waals surface area contributed by atoms with Gasteiger partial charge in [0.15, 0.2) is 5.13 Å². The van der Waals surface area contributed by atoms with Crippen molar-refractivity contribution >= 4 is 28.2 Å². The number of nitrogens with two attached hydrogens (primary N) is 1. The van der Waals surface area contributed by atoms with E-state index < -0.39 is 0 Å². The fourth-order valence-corrected chi connectivity index (χ4v) is 3.22. The number of thiazole rings is 1. The smallest absolute Gasteiger partial charge is 0.181 e. The molecule has 5 heteroatoms. The number of ether oxygens (including phenoxy) is 1. The summed E-state index contributed by atoms with van der Waals surface area (Å²) < 4.78 is 6.85. The first-order valence-corrected chi connectivity index (χ1v) is 7.58. The van der Waals surface area contributed by atoms with Gasteiger partial charge in [0.2, 0.25) is 0 Å². The number of benzene rings is 1. The highest BCUT2D eigenvalue weighted by Crippen LogP contribution is 2.26. The quantitative estimate of drug-likeness (QED) is 0.649. The van der Waals surface area contributed by atoms with Gasteiger partial charge in [0.1, 0.15) is 5.75 Å². The van der Waals surface area contributed by atoms with Crippen LogP contribution in [-0.4, -0.2) is 17.3 Å². The van der Waals surface area contributed by atoms with E-state index in [1.165, 1.54) is 21.1 Å². The zero-order valence-electron chi connectivity index (χ0n) is 10.3. The third kappa shape index (κ3) is 4.23. The molecule has 18 heavy (non-hydrogen) atoms. The van der Waals surface area contributed by atoms with Crippen molar-refractivity contribution in [3.8, 4) is 5.75 Å². The number of aryl methyl sites for hydroxylation is 1. The van der Waals surface area contributed by atoms with Crippen LogP contribution in [0.4, 0.5) is 5.13 Å². The molecule has 0 saturated carbocycles. The van der Waals surface area contributed by atoms with E-state index in [2.05, 4.69) is 24.0 Å². The van der Waals surface area contributed by atoms with Crippen molar-refractivity contribution in [1.29, 1.82) is 0 Å². The molecule has 0 radical (unpaired) electrons. The maximum Gasteiger partial charge on any atom is 0.181 e. The summed E-state index contributed by atoms with van der Waals surface area (Å²) in [6, 6.07) is 8.12. The lowest BCUT2D eigenvalue weighted by Gasteiger charge is -2.06. The van der Waals surface area contributed by atoms with E-state index in [1.807, 2.05) is 18.3 Å². The van der Waals surface area contributed by atoms with Crippen LogP contribution in [0.3, 0.4) is 0 Å². The molecule has 0 bridgehead atoms. The van der Waals surface area contributed by atoms with Gasteiger partial charge >= 0.3 is 0 Å². The number of thioether (sulfide) groups is 1. The minimum Gasteiger partial charge on any atom is -0.494 e. The number of hydrogen-bond acceptors (Lipinski definition) is 5. The molecule has 2 N–H and O–H groups in total. The lowest BCUT2D eigenvalue weighted by atomic mass is 10.2. The summed E-state index contributed by atoms with van der Waals surface area (Å²) in [6.45, 7) is 2.81. The Morgan fingerprint density at radius 2 is 2.33 bits per heavy atom. The van der Waals surface area contributed by atoms with Crippen LogP contribution in [0.5, 0.6) is 5.75 Å². The topological polar surface area (TPSA) is 48.1 Å². The molecule has 0 spiro atoms. The Morgan fingerprint density at radius 3 is 3.06 bits per heavy atom. The minimum absolute atomic E-state index is 0.633. The van der Waals surface area contributed by atoms with Crippen molar-refractivity contribution in [3.05, 3.63) is 36.0 Å². The lowest BCUT2D eigenvalue weighted by molar-refractivity contribution is 0.318. The average molecular weight is 280 g/mol. The van der Waals surface area contributed by atoms with Crippen LogP contribution >= 0.6 is 23.1 Å². The number of nitrogen functional groups attached to an aromatic ring is 1. The predicted molar refractivity (Wildman–Crippen MR) is 78.5 cm³/mol. The molecule has 96 valence electrons. The van der Waals surface area contributed by atoms with Crippen LogP contribution in [0.15, 0.2) is 34.7 Å². The Balaban J connectivity index is 1.64. The van der Waals surface area contributed by atoms with Crippen molar-refractivity contribution in [2.45, 2.75) is 17.6 Å². The second-order valence-electron chi connectivity index (χ2n) is 3.88. The molecular formula is C13H16N2OS2. The molecule has 0 aliphatic heterocycles. The zero-order chi connectivity index (χ0) is 12.8. The SMILES string of the molecule is Cc1cccc(OCCCSc2cnc(N)s2)c1. The third-order valence-electron chi connectivity index (χ3n) is 2.29. The van der Waals surface area contributed by atoms with Gasteiger partial charge in [0.05, 0.1) is 17.0 Å². The van der Waals surface area contributed by atoms with Gasteiger partial charge in [-0.25, -0.2) is 4.98 Å². The molecule has 2 rings (SSSR count). The van der Waals surface area contributed by atoms with Gasteiger partial charge in [-0.2, -0.15) is 0 Å². The second-order valence-corrected chi connectivity index (χ2v) is 6.34. The number of rotatable bonds is 6. The second kappa shape index (κ2) is 6.66. The number of anilines is 1. The largest absolute Gasteiger partial charge is 0.494 e. The van der Waals surface area contributed by atoms with Crippen LogP contribution in [0.1, 0.15) is 12.0 Å². The highest BCUT2D eigenvalue weighted by molar-refractivity contribution is 8.01. The molecule has 0 aliphatic rings. The molecule has 1 aromatic carbocycles. The normalized spacial score (nSPS) is 10.5. The summed E-state index contributed by atoms with van der Waals surface area (Å²) in [5.41, 5.74) is 6.79. The molecule has 0 fully saturated rings. The molecular weight excluding hydrogens is 264 g/mol. The summed E-state index contributed by atoms with van der Waals surface area (Å²) in [4.78, 5) is 4.02. The Hall–Kier alpha value is -1.20. The van der Waals surface area contributed by atoms with E-state index in [1.54, 1.807) is 11.8 Å². The highest BCUT2D eigenvalue weighted by atomic mass is 32.2. The monoisotopic (exact) mass is 280 g/mol. The Kier molecular flexibility index (Phi) is 4.90. The van der Waals surface area contributed by atoms with Crippen molar-refractivity contribution in [2.24, 2.45) is 0 Å². The molecule has 1 aromatic heterocycles. The first-order valence-electron chi connectivity index (χ1n) is 5.77. The fourth-order valence-electron chi connectivity index (χ4n) is 1.47. The van der Waals surface area contributed by atoms with Crippen molar-refractivity contribution in [2.75, 3.05) is 18.1 Å². The maximum absolute atomic E-state index is 5.68. The van der Waals surface area contributed by atoms with Crippen molar-refractivity contribution in [1.82, 2.24) is 4.98 Å². The number of nitrogens with zero attached hydrogens (tertiary/aromatic N) is 1. The van der Waals surface area contributed by atoms with Gasteiger partial charge in [-0.3, -0.25) is 0 Å².